The van der Waals surface area contributed by atoms with Gasteiger partial charge < -0.3 is 0 Å². The Hall–Kier alpha value is -1.44. The third-order valence-electron chi connectivity index (χ3n) is 2.24. The lowest BCUT2D eigenvalue weighted by molar-refractivity contribution is -0.136. The molecule has 1 aromatic rings. The molecule has 0 saturated heterocycles. The van der Waals surface area contributed by atoms with Crippen molar-refractivity contribution < 1.29 is 9.59 Å². The topological polar surface area (TPSA) is 34.1 Å². The van der Waals surface area contributed by atoms with Gasteiger partial charge >= 0.3 is 0 Å². The third-order valence-corrected chi connectivity index (χ3v) is 2.24. The Balaban J connectivity index is 2.62. The van der Waals surface area contributed by atoms with Gasteiger partial charge in [0.25, 0.3) is 0 Å². The molecule has 0 spiro atoms. The van der Waals surface area contributed by atoms with Gasteiger partial charge in [-0.2, -0.15) is 0 Å². The van der Waals surface area contributed by atoms with Gasteiger partial charge in [-0.15, -0.1) is 0 Å². The van der Waals surface area contributed by atoms with Crippen LogP contribution in [-0.2, 0) is 16.0 Å². The lowest BCUT2D eigenvalue weighted by Crippen LogP contribution is -2.15. The van der Waals surface area contributed by atoms with E-state index in [0.717, 1.165) is 17.5 Å². The van der Waals surface area contributed by atoms with Gasteiger partial charge in [0.2, 0.25) is 5.78 Å². The molecule has 0 aliphatic heterocycles. The Morgan fingerprint density at radius 1 is 1.20 bits per heavy atom. The van der Waals surface area contributed by atoms with E-state index in [-0.39, 0.29) is 18.0 Å². The first-order valence-corrected chi connectivity index (χ1v) is 5.25. The molecule has 0 aromatic heterocycles. The van der Waals surface area contributed by atoms with E-state index in [4.69, 9.17) is 0 Å². The second-order valence-corrected chi connectivity index (χ2v) is 3.76. The van der Waals surface area contributed by atoms with E-state index in [9.17, 15) is 9.59 Å². The van der Waals surface area contributed by atoms with Crippen LogP contribution in [0.2, 0.25) is 0 Å². The first kappa shape index (κ1) is 11.6. The van der Waals surface area contributed by atoms with Crippen LogP contribution in [0.5, 0.6) is 0 Å². The Labute approximate surface area is 90.3 Å². The number of aryl methyl sites for hydroxylation is 1. The molecule has 80 valence electrons. The fourth-order valence-electron chi connectivity index (χ4n) is 1.47. The SMILES string of the molecule is CCCC(=O)C(=O)Cc1cccc(C)c1. The van der Waals surface area contributed by atoms with Gasteiger partial charge in [0.15, 0.2) is 5.78 Å². The summed E-state index contributed by atoms with van der Waals surface area (Å²) in [5.41, 5.74) is 2.03. The van der Waals surface area contributed by atoms with Crippen molar-refractivity contribution >= 4 is 11.6 Å². The van der Waals surface area contributed by atoms with Crippen molar-refractivity contribution in [2.45, 2.75) is 33.1 Å². The highest BCUT2D eigenvalue weighted by Gasteiger charge is 2.12. The molecule has 0 aliphatic rings. The lowest BCUT2D eigenvalue weighted by Gasteiger charge is -2.01. The van der Waals surface area contributed by atoms with Crippen molar-refractivity contribution in [3.8, 4) is 0 Å². The molecular weight excluding hydrogens is 188 g/mol. The molecule has 0 atom stereocenters. The Morgan fingerprint density at radius 2 is 1.93 bits per heavy atom. The van der Waals surface area contributed by atoms with Crippen molar-refractivity contribution in [3.05, 3.63) is 35.4 Å². The highest BCUT2D eigenvalue weighted by atomic mass is 16.2. The van der Waals surface area contributed by atoms with E-state index < -0.39 is 0 Å². The number of carbonyl (C=O) groups excluding carboxylic acids is 2. The maximum absolute atomic E-state index is 11.5. The summed E-state index contributed by atoms with van der Waals surface area (Å²) in [5, 5.41) is 0. The van der Waals surface area contributed by atoms with Crippen molar-refractivity contribution in [2.24, 2.45) is 0 Å². The maximum Gasteiger partial charge on any atom is 0.202 e. The minimum absolute atomic E-state index is 0.237. The molecule has 0 fully saturated rings. The van der Waals surface area contributed by atoms with E-state index in [1.165, 1.54) is 0 Å². The molecule has 0 heterocycles. The second-order valence-electron chi connectivity index (χ2n) is 3.76. The third kappa shape index (κ3) is 3.66. The zero-order chi connectivity index (χ0) is 11.3. The van der Waals surface area contributed by atoms with E-state index in [1.54, 1.807) is 0 Å². The van der Waals surface area contributed by atoms with Gasteiger partial charge in [-0.1, -0.05) is 36.8 Å². The smallest absolute Gasteiger partial charge is 0.202 e. The first-order chi connectivity index (χ1) is 7.13. The lowest BCUT2D eigenvalue weighted by atomic mass is 10.0. The van der Waals surface area contributed by atoms with Gasteiger partial charge in [0.05, 0.1) is 0 Å². The van der Waals surface area contributed by atoms with Crippen LogP contribution in [0.25, 0.3) is 0 Å². The number of ketones is 2. The summed E-state index contributed by atoms with van der Waals surface area (Å²) in [6, 6.07) is 7.70. The number of benzene rings is 1. The summed E-state index contributed by atoms with van der Waals surface area (Å²) in [5.74, 6) is -0.526. The summed E-state index contributed by atoms with van der Waals surface area (Å²) in [7, 11) is 0. The standard InChI is InChI=1S/C13H16O2/c1-3-5-12(14)13(15)9-11-7-4-6-10(2)8-11/h4,6-8H,3,5,9H2,1-2H3. The van der Waals surface area contributed by atoms with Crippen LogP contribution < -0.4 is 0 Å². The molecule has 1 aromatic carbocycles. The predicted molar refractivity (Wildman–Crippen MR) is 59.8 cm³/mol. The average molecular weight is 204 g/mol. The molecule has 0 radical (unpaired) electrons. The second kappa shape index (κ2) is 5.44. The largest absolute Gasteiger partial charge is 0.291 e. The molecule has 1 rings (SSSR count). The first-order valence-electron chi connectivity index (χ1n) is 5.25. The summed E-state index contributed by atoms with van der Waals surface area (Å²) >= 11 is 0. The zero-order valence-corrected chi connectivity index (χ0v) is 9.25. The van der Waals surface area contributed by atoms with Crippen LogP contribution >= 0.6 is 0 Å². The minimum atomic E-state index is -0.276. The van der Waals surface area contributed by atoms with Crippen LogP contribution in [0.15, 0.2) is 24.3 Å². The number of carbonyl (C=O) groups is 2. The molecule has 0 unspecified atom stereocenters. The summed E-state index contributed by atoms with van der Waals surface area (Å²) in [6.45, 7) is 3.87. The van der Waals surface area contributed by atoms with Crippen LogP contribution in [-0.4, -0.2) is 11.6 Å². The molecule has 2 heteroatoms. The molecule has 0 amide bonds. The van der Waals surface area contributed by atoms with Crippen molar-refractivity contribution in [3.63, 3.8) is 0 Å². The van der Waals surface area contributed by atoms with Gasteiger partial charge in [-0.05, 0) is 18.9 Å². The van der Waals surface area contributed by atoms with E-state index >= 15 is 0 Å². The molecular formula is C13H16O2. The number of Topliss-reactive ketones (excluding diaryl/α,β-unsaturated/α-hetero) is 2. The van der Waals surface area contributed by atoms with Gasteiger partial charge in [-0.25, -0.2) is 0 Å². The van der Waals surface area contributed by atoms with Gasteiger partial charge in [0, 0.05) is 12.8 Å². The normalized spacial score (nSPS) is 10.0. The Bertz CT molecular complexity index is 367. The molecule has 0 N–H and O–H groups in total. The number of hydrogen-bond donors (Lipinski definition) is 0. The van der Waals surface area contributed by atoms with E-state index in [1.807, 2.05) is 38.1 Å². The highest BCUT2D eigenvalue weighted by Crippen LogP contribution is 2.06. The quantitative estimate of drug-likeness (QED) is 0.690. The fourth-order valence-corrected chi connectivity index (χ4v) is 1.47. The fraction of sp³-hybridized carbons (Fsp3) is 0.385. The number of hydrogen-bond acceptors (Lipinski definition) is 2. The number of rotatable bonds is 5. The minimum Gasteiger partial charge on any atom is -0.291 e. The van der Waals surface area contributed by atoms with Crippen LogP contribution in [0.1, 0.15) is 30.9 Å². The van der Waals surface area contributed by atoms with Crippen molar-refractivity contribution in [2.75, 3.05) is 0 Å². The Morgan fingerprint density at radius 3 is 2.53 bits per heavy atom. The molecule has 0 saturated carbocycles. The van der Waals surface area contributed by atoms with E-state index in [0.29, 0.717) is 6.42 Å². The van der Waals surface area contributed by atoms with E-state index in [2.05, 4.69) is 0 Å². The van der Waals surface area contributed by atoms with Crippen molar-refractivity contribution in [1.82, 2.24) is 0 Å². The molecule has 2 nitrogen and oxygen atoms in total. The van der Waals surface area contributed by atoms with Crippen LogP contribution in [0, 0.1) is 6.92 Å². The Kier molecular flexibility index (Phi) is 4.22. The molecule has 15 heavy (non-hydrogen) atoms. The summed E-state index contributed by atoms with van der Waals surface area (Å²) < 4.78 is 0. The summed E-state index contributed by atoms with van der Waals surface area (Å²) in [4.78, 5) is 22.7. The predicted octanol–water partition coefficient (Wildman–Crippen LogP) is 2.48. The van der Waals surface area contributed by atoms with Gasteiger partial charge in [-0.3, -0.25) is 9.59 Å². The average Bonchev–Trinajstić information content (AvgIpc) is 2.18. The van der Waals surface area contributed by atoms with Crippen LogP contribution in [0.3, 0.4) is 0 Å². The molecule has 0 bridgehead atoms. The monoisotopic (exact) mass is 204 g/mol. The summed E-state index contributed by atoms with van der Waals surface area (Å²) in [6.07, 6.45) is 1.34. The molecule has 0 aliphatic carbocycles. The van der Waals surface area contributed by atoms with Gasteiger partial charge in [0.1, 0.15) is 0 Å². The zero-order valence-electron chi connectivity index (χ0n) is 9.25. The maximum atomic E-state index is 11.5. The van der Waals surface area contributed by atoms with Crippen LogP contribution in [0.4, 0.5) is 0 Å². The van der Waals surface area contributed by atoms with Crippen molar-refractivity contribution in [1.29, 1.82) is 0 Å². The highest BCUT2D eigenvalue weighted by molar-refractivity contribution is 6.37.